The van der Waals surface area contributed by atoms with Crippen LogP contribution in [0.4, 0.5) is 0 Å². The van der Waals surface area contributed by atoms with Gasteiger partial charge in [0.15, 0.2) is 11.6 Å². The molecule has 170 valence electrons. The monoisotopic (exact) mass is 462 g/mol. The number of sulfonamides is 1. The second kappa shape index (κ2) is 10.0. The molecular weight excluding hydrogens is 436 g/mol. The number of hydrogen-bond donors (Lipinski definition) is 1. The Bertz CT molecular complexity index is 1290. The van der Waals surface area contributed by atoms with Gasteiger partial charge >= 0.3 is 0 Å². The van der Waals surface area contributed by atoms with Gasteiger partial charge in [-0.1, -0.05) is 60.7 Å². The molecule has 2 aromatic heterocycles. The minimum absolute atomic E-state index is 0.0446. The predicted octanol–water partition coefficient (Wildman–Crippen LogP) is 2.58. The van der Waals surface area contributed by atoms with E-state index < -0.39 is 10.0 Å². The molecule has 0 fully saturated rings. The third-order valence-corrected chi connectivity index (χ3v) is 6.12. The van der Waals surface area contributed by atoms with Crippen LogP contribution in [-0.2, 0) is 29.4 Å². The molecule has 0 aliphatic rings. The lowest BCUT2D eigenvalue weighted by Gasteiger charge is -2.14. The number of likely N-dealkylation sites (N-methyl/N-ethyl adjacent to an activating group) is 1. The van der Waals surface area contributed by atoms with Crippen LogP contribution >= 0.6 is 0 Å². The maximum Gasteiger partial charge on any atom is 0.239 e. The van der Waals surface area contributed by atoms with Crippen molar-refractivity contribution in [1.82, 2.24) is 24.6 Å². The van der Waals surface area contributed by atoms with Gasteiger partial charge in [-0.25, -0.2) is 23.5 Å². The number of benzene rings is 2. The van der Waals surface area contributed by atoms with Crippen LogP contribution in [0, 0.1) is 0 Å². The van der Waals surface area contributed by atoms with Crippen molar-refractivity contribution in [3.8, 4) is 5.82 Å². The van der Waals surface area contributed by atoms with Crippen LogP contribution in [0.5, 0.6) is 0 Å². The highest BCUT2D eigenvalue weighted by Crippen LogP contribution is 2.15. The first-order valence-corrected chi connectivity index (χ1v) is 12.1. The van der Waals surface area contributed by atoms with Gasteiger partial charge in [-0.15, -0.1) is 5.10 Å². The van der Waals surface area contributed by atoms with E-state index in [4.69, 9.17) is 10.1 Å². The van der Waals surface area contributed by atoms with Crippen LogP contribution < -0.4 is 5.14 Å². The highest BCUT2D eigenvalue weighted by atomic mass is 32.2. The molecule has 0 atom stereocenters. The fraction of sp³-hybridized carbons (Fsp3) is 0.208. The molecule has 0 aliphatic carbocycles. The molecule has 0 amide bonds. The summed E-state index contributed by atoms with van der Waals surface area (Å²) >= 11 is 0. The van der Waals surface area contributed by atoms with E-state index in [9.17, 15) is 8.42 Å². The van der Waals surface area contributed by atoms with Crippen LogP contribution in [0.15, 0.2) is 83.9 Å². The Labute approximate surface area is 193 Å². The molecule has 2 heterocycles. The SMILES string of the molecule is CN(CCc1ccccc1)Cc1nc(Cc2ccccc2)n(-c2ccc(S(N)(=O)=O)cn2)n1. The van der Waals surface area contributed by atoms with Crippen molar-refractivity contribution in [2.24, 2.45) is 5.14 Å². The smallest absolute Gasteiger partial charge is 0.239 e. The van der Waals surface area contributed by atoms with E-state index in [-0.39, 0.29) is 4.90 Å². The average molecular weight is 463 g/mol. The van der Waals surface area contributed by atoms with Gasteiger partial charge < -0.3 is 0 Å². The molecule has 0 aliphatic heterocycles. The Morgan fingerprint density at radius 3 is 2.21 bits per heavy atom. The summed E-state index contributed by atoms with van der Waals surface area (Å²) in [6.45, 7) is 1.45. The molecule has 8 nitrogen and oxygen atoms in total. The van der Waals surface area contributed by atoms with Gasteiger partial charge in [0.2, 0.25) is 10.0 Å². The van der Waals surface area contributed by atoms with Crippen LogP contribution in [0.2, 0.25) is 0 Å². The third kappa shape index (κ3) is 6.10. The van der Waals surface area contributed by atoms with E-state index in [0.29, 0.717) is 24.6 Å². The van der Waals surface area contributed by atoms with Crippen LogP contribution in [-0.4, -0.2) is 46.7 Å². The van der Waals surface area contributed by atoms with Crippen LogP contribution in [0.1, 0.15) is 22.8 Å². The Hall–Kier alpha value is -3.40. The third-order valence-electron chi connectivity index (χ3n) is 5.23. The van der Waals surface area contributed by atoms with E-state index in [2.05, 4.69) is 27.1 Å². The Morgan fingerprint density at radius 1 is 0.939 bits per heavy atom. The van der Waals surface area contributed by atoms with E-state index in [0.717, 1.165) is 24.4 Å². The zero-order valence-electron chi connectivity index (χ0n) is 18.4. The van der Waals surface area contributed by atoms with E-state index in [1.807, 2.05) is 55.6 Å². The highest BCUT2D eigenvalue weighted by molar-refractivity contribution is 7.89. The van der Waals surface area contributed by atoms with Gasteiger partial charge in [-0.3, -0.25) is 4.90 Å². The second-order valence-corrected chi connectivity index (χ2v) is 9.45. The van der Waals surface area contributed by atoms with Crippen molar-refractivity contribution in [3.05, 3.63) is 102 Å². The molecule has 2 N–H and O–H groups in total. The summed E-state index contributed by atoms with van der Waals surface area (Å²) in [7, 11) is -1.77. The number of rotatable bonds is 9. The molecule has 33 heavy (non-hydrogen) atoms. The quantitative estimate of drug-likeness (QED) is 0.410. The molecule has 0 unspecified atom stereocenters. The molecule has 0 saturated carbocycles. The summed E-state index contributed by atoms with van der Waals surface area (Å²) < 4.78 is 24.8. The number of nitrogens with zero attached hydrogens (tertiary/aromatic N) is 5. The van der Waals surface area contributed by atoms with Gasteiger partial charge in [0, 0.05) is 19.2 Å². The topological polar surface area (TPSA) is 107 Å². The predicted molar refractivity (Wildman–Crippen MR) is 126 cm³/mol. The summed E-state index contributed by atoms with van der Waals surface area (Å²) in [6, 6.07) is 23.3. The lowest BCUT2D eigenvalue weighted by Crippen LogP contribution is -2.21. The van der Waals surface area contributed by atoms with Crippen molar-refractivity contribution in [1.29, 1.82) is 0 Å². The summed E-state index contributed by atoms with van der Waals surface area (Å²) in [4.78, 5) is 11.2. The van der Waals surface area contributed by atoms with Gasteiger partial charge in [0.05, 0.1) is 6.54 Å². The van der Waals surface area contributed by atoms with Gasteiger partial charge in [-0.2, -0.15) is 4.68 Å². The highest BCUT2D eigenvalue weighted by Gasteiger charge is 2.16. The zero-order valence-corrected chi connectivity index (χ0v) is 19.2. The van der Waals surface area contributed by atoms with E-state index in [1.165, 1.54) is 17.8 Å². The van der Waals surface area contributed by atoms with Crippen molar-refractivity contribution in [2.45, 2.75) is 24.3 Å². The molecule has 0 spiro atoms. The average Bonchev–Trinajstić information content (AvgIpc) is 3.20. The summed E-state index contributed by atoms with van der Waals surface area (Å²) in [6.07, 6.45) is 2.75. The lowest BCUT2D eigenvalue weighted by atomic mass is 10.1. The number of pyridine rings is 1. The second-order valence-electron chi connectivity index (χ2n) is 7.89. The molecule has 0 saturated heterocycles. The first-order valence-electron chi connectivity index (χ1n) is 10.6. The maximum absolute atomic E-state index is 11.6. The first kappa shape index (κ1) is 22.8. The normalized spacial score (nSPS) is 11.7. The number of hydrogen-bond acceptors (Lipinski definition) is 6. The molecule has 9 heteroatoms. The fourth-order valence-electron chi connectivity index (χ4n) is 3.49. The molecule has 0 radical (unpaired) electrons. The standard InChI is InChI=1S/C24H26N6O2S/c1-29(15-14-19-8-4-2-5-9-19)18-22-27-24(16-20-10-6-3-7-11-20)30(28-22)23-13-12-21(17-26-23)33(25,31)32/h2-13,17H,14-16,18H2,1H3,(H2,25,31,32). The van der Waals surface area contributed by atoms with Crippen molar-refractivity contribution < 1.29 is 8.42 Å². The van der Waals surface area contributed by atoms with Crippen LogP contribution in [0.25, 0.3) is 5.82 Å². The minimum Gasteiger partial charge on any atom is -0.299 e. The van der Waals surface area contributed by atoms with Crippen molar-refractivity contribution in [2.75, 3.05) is 13.6 Å². The molecule has 0 bridgehead atoms. The number of nitrogens with two attached hydrogens (primary N) is 1. The van der Waals surface area contributed by atoms with Crippen LogP contribution in [0.3, 0.4) is 0 Å². The Morgan fingerprint density at radius 2 is 1.61 bits per heavy atom. The van der Waals surface area contributed by atoms with E-state index >= 15 is 0 Å². The lowest BCUT2D eigenvalue weighted by molar-refractivity contribution is 0.322. The zero-order chi connectivity index (χ0) is 23.3. The van der Waals surface area contributed by atoms with Gasteiger partial charge in [0.1, 0.15) is 10.7 Å². The Balaban J connectivity index is 1.56. The molecular formula is C24H26N6O2S. The fourth-order valence-corrected chi connectivity index (χ4v) is 3.94. The number of aromatic nitrogens is 4. The van der Waals surface area contributed by atoms with Crippen molar-refractivity contribution >= 4 is 10.0 Å². The number of primary sulfonamides is 1. The summed E-state index contributed by atoms with van der Waals surface area (Å²) in [5.41, 5.74) is 2.38. The summed E-state index contributed by atoms with van der Waals surface area (Å²) in [5.74, 6) is 1.89. The minimum atomic E-state index is -3.81. The first-order chi connectivity index (χ1) is 15.9. The Kier molecular flexibility index (Phi) is 6.93. The molecule has 4 rings (SSSR count). The molecule has 4 aromatic rings. The maximum atomic E-state index is 11.6. The molecule has 2 aromatic carbocycles. The largest absolute Gasteiger partial charge is 0.299 e. The van der Waals surface area contributed by atoms with Crippen molar-refractivity contribution in [3.63, 3.8) is 0 Å². The van der Waals surface area contributed by atoms with Gasteiger partial charge in [0.25, 0.3) is 0 Å². The van der Waals surface area contributed by atoms with E-state index in [1.54, 1.807) is 10.7 Å². The summed E-state index contributed by atoms with van der Waals surface area (Å²) in [5, 5.41) is 9.88. The van der Waals surface area contributed by atoms with Gasteiger partial charge in [-0.05, 0) is 36.7 Å².